The molecule has 0 atom stereocenters. The molecule has 0 fully saturated rings. The van der Waals surface area contributed by atoms with Gasteiger partial charge in [-0.05, 0) is 18.6 Å². The molecule has 28 heavy (non-hydrogen) atoms. The van der Waals surface area contributed by atoms with Crippen molar-refractivity contribution in [3.8, 4) is 17.2 Å². The number of sulfonamides is 1. The van der Waals surface area contributed by atoms with Gasteiger partial charge in [-0.25, -0.2) is 8.42 Å². The van der Waals surface area contributed by atoms with E-state index in [2.05, 4.69) is 4.72 Å². The van der Waals surface area contributed by atoms with Gasteiger partial charge in [-0.3, -0.25) is 9.52 Å². The zero-order valence-electron chi connectivity index (χ0n) is 16.1. The van der Waals surface area contributed by atoms with Gasteiger partial charge in [-0.2, -0.15) is 0 Å². The Labute approximate surface area is 164 Å². The van der Waals surface area contributed by atoms with Crippen molar-refractivity contribution < 1.29 is 27.4 Å². The maximum atomic E-state index is 13.0. The third kappa shape index (κ3) is 3.84. The molecule has 1 amide bonds. The average Bonchev–Trinajstić information content (AvgIpc) is 2.65. The van der Waals surface area contributed by atoms with Gasteiger partial charge in [0.2, 0.25) is 5.91 Å². The molecule has 2 aromatic rings. The normalized spacial score (nSPS) is 13.4. The lowest BCUT2D eigenvalue weighted by Crippen LogP contribution is -2.36. The van der Waals surface area contributed by atoms with Crippen molar-refractivity contribution in [1.82, 2.24) is 0 Å². The molecule has 0 saturated heterocycles. The van der Waals surface area contributed by atoms with E-state index in [1.165, 1.54) is 27.2 Å². The first-order chi connectivity index (χ1) is 13.2. The van der Waals surface area contributed by atoms with Crippen LogP contribution >= 0.6 is 0 Å². The van der Waals surface area contributed by atoms with Gasteiger partial charge in [0.1, 0.15) is 23.9 Å². The minimum Gasteiger partial charge on any atom is -0.497 e. The van der Waals surface area contributed by atoms with Gasteiger partial charge >= 0.3 is 0 Å². The van der Waals surface area contributed by atoms with E-state index in [1.54, 1.807) is 36.1 Å². The van der Waals surface area contributed by atoms with Crippen molar-refractivity contribution in [2.75, 3.05) is 37.0 Å². The Balaban J connectivity index is 2.00. The number of ether oxygens (including phenoxy) is 3. The maximum Gasteiger partial charge on any atom is 0.262 e. The van der Waals surface area contributed by atoms with Crippen molar-refractivity contribution >= 4 is 27.3 Å². The lowest BCUT2D eigenvalue weighted by atomic mass is 10.1. The van der Waals surface area contributed by atoms with Crippen LogP contribution in [0.2, 0.25) is 0 Å². The van der Waals surface area contributed by atoms with E-state index in [0.717, 1.165) is 0 Å². The minimum atomic E-state index is -3.91. The molecule has 9 heteroatoms. The SMILES string of the molecule is COc1cc(NS(=O)(=O)c2cc3c(cc2C)N(C(C)=O)CCO3)cc(OC)c1. The summed E-state index contributed by atoms with van der Waals surface area (Å²) in [7, 11) is -0.940. The maximum absolute atomic E-state index is 13.0. The Kier molecular flexibility index (Phi) is 5.37. The first kappa shape index (κ1) is 19.8. The fraction of sp³-hybridized carbons (Fsp3) is 0.316. The lowest BCUT2D eigenvalue weighted by Gasteiger charge is -2.29. The van der Waals surface area contributed by atoms with E-state index in [1.807, 2.05) is 0 Å². The third-order valence-corrected chi connectivity index (χ3v) is 5.92. The number of benzene rings is 2. The van der Waals surface area contributed by atoms with Gasteiger partial charge in [0.15, 0.2) is 0 Å². The number of nitrogens with one attached hydrogen (secondary N) is 1. The van der Waals surface area contributed by atoms with E-state index in [4.69, 9.17) is 14.2 Å². The van der Waals surface area contributed by atoms with Crippen LogP contribution < -0.4 is 23.8 Å². The molecular formula is C19H22N2O6S. The smallest absolute Gasteiger partial charge is 0.262 e. The number of carbonyl (C=O) groups is 1. The van der Waals surface area contributed by atoms with Gasteiger partial charge in [0.05, 0.1) is 37.0 Å². The van der Waals surface area contributed by atoms with Gasteiger partial charge < -0.3 is 19.1 Å². The number of hydrogen-bond acceptors (Lipinski definition) is 6. The second kappa shape index (κ2) is 7.59. The Bertz CT molecular complexity index is 997. The van der Waals surface area contributed by atoms with Crippen molar-refractivity contribution in [3.63, 3.8) is 0 Å². The molecule has 1 heterocycles. The number of anilines is 2. The molecule has 0 radical (unpaired) electrons. The molecule has 1 aliphatic heterocycles. The summed E-state index contributed by atoms with van der Waals surface area (Å²) in [4.78, 5) is 13.5. The molecule has 8 nitrogen and oxygen atoms in total. The molecule has 3 rings (SSSR count). The molecule has 0 bridgehead atoms. The molecular weight excluding hydrogens is 384 g/mol. The van der Waals surface area contributed by atoms with E-state index < -0.39 is 10.0 Å². The lowest BCUT2D eigenvalue weighted by molar-refractivity contribution is -0.116. The van der Waals surface area contributed by atoms with E-state index >= 15 is 0 Å². The summed E-state index contributed by atoms with van der Waals surface area (Å²) in [5, 5.41) is 0. The molecule has 0 aromatic heterocycles. The van der Waals surface area contributed by atoms with Gasteiger partial charge in [0, 0.05) is 31.2 Å². The van der Waals surface area contributed by atoms with Crippen LogP contribution in [0.15, 0.2) is 35.2 Å². The summed E-state index contributed by atoms with van der Waals surface area (Å²) in [5.41, 5.74) is 1.37. The largest absolute Gasteiger partial charge is 0.497 e. The first-order valence-corrected chi connectivity index (χ1v) is 10.0. The number of aryl methyl sites for hydroxylation is 1. The fourth-order valence-electron chi connectivity index (χ4n) is 3.04. The van der Waals surface area contributed by atoms with Crippen LogP contribution in [-0.4, -0.2) is 41.7 Å². The highest BCUT2D eigenvalue weighted by atomic mass is 32.2. The summed E-state index contributed by atoms with van der Waals surface area (Å²) in [6.07, 6.45) is 0. The summed E-state index contributed by atoms with van der Waals surface area (Å²) in [6.45, 7) is 3.87. The predicted molar refractivity (Wildman–Crippen MR) is 105 cm³/mol. The second-order valence-electron chi connectivity index (χ2n) is 6.31. The molecule has 0 unspecified atom stereocenters. The fourth-order valence-corrected chi connectivity index (χ4v) is 4.32. The van der Waals surface area contributed by atoms with Gasteiger partial charge in [-0.15, -0.1) is 0 Å². The molecule has 1 aliphatic rings. The summed E-state index contributed by atoms with van der Waals surface area (Å²) in [5.74, 6) is 1.15. The van der Waals surface area contributed by atoms with Crippen LogP contribution in [0, 0.1) is 6.92 Å². The van der Waals surface area contributed by atoms with Crippen LogP contribution in [0.1, 0.15) is 12.5 Å². The highest BCUT2D eigenvalue weighted by Gasteiger charge is 2.26. The van der Waals surface area contributed by atoms with E-state index in [-0.39, 0.29) is 10.8 Å². The predicted octanol–water partition coefficient (Wildman–Crippen LogP) is 2.56. The molecule has 2 aromatic carbocycles. The van der Waals surface area contributed by atoms with Crippen LogP contribution in [0.25, 0.3) is 0 Å². The highest BCUT2D eigenvalue weighted by Crippen LogP contribution is 2.37. The van der Waals surface area contributed by atoms with Crippen LogP contribution in [0.5, 0.6) is 17.2 Å². The number of rotatable bonds is 5. The summed E-state index contributed by atoms with van der Waals surface area (Å²) in [6, 6.07) is 7.85. The number of carbonyl (C=O) groups excluding carboxylic acids is 1. The van der Waals surface area contributed by atoms with Crippen LogP contribution in [-0.2, 0) is 14.8 Å². The molecule has 0 spiro atoms. The van der Waals surface area contributed by atoms with Crippen molar-refractivity contribution in [2.45, 2.75) is 18.7 Å². The average molecular weight is 406 g/mol. The van der Waals surface area contributed by atoms with E-state index in [0.29, 0.717) is 47.3 Å². The zero-order valence-corrected chi connectivity index (χ0v) is 16.9. The zero-order chi connectivity index (χ0) is 20.5. The first-order valence-electron chi connectivity index (χ1n) is 8.56. The monoisotopic (exact) mass is 406 g/mol. The van der Waals surface area contributed by atoms with Crippen molar-refractivity contribution in [1.29, 1.82) is 0 Å². The Morgan fingerprint density at radius 1 is 1.11 bits per heavy atom. The number of hydrogen-bond donors (Lipinski definition) is 1. The highest BCUT2D eigenvalue weighted by molar-refractivity contribution is 7.92. The van der Waals surface area contributed by atoms with Gasteiger partial charge in [0.25, 0.3) is 10.0 Å². The van der Waals surface area contributed by atoms with Crippen LogP contribution in [0.3, 0.4) is 0 Å². The number of nitrogens with zero attached hydrogens (tertiary/aromatic N) is 1. The van der Waals surface area contributed by atoms with E-state index in [9.17, 15) is 13.2 Å². The standard InChI is InChI=1S/C19H22N2O6S/c1-12-7-17-18(27-6-5-21(17)13(2)22)11-19(12)28(23,24)20-14-8-15(25-3)10-16(9-14)26-4/h7-11,20H,5-6H2,1-4H3. The topological polar surface area (TPSA) is 94.2 Å². The Morgan fingerprint density at radius 3 is 2.32 bits per heavy atom. The molecule has 150 valence electrons. The Hall–Kier alpha value is -2.94. The van der Waals surface area contributed by atoms with Gasteiger partial charge in [-0.1, -0.05) is 0 Å². The molecule has 0 aliphatic carbocycles. The quantitative estimate of drug-likeness (QED) is 0.820. The second-order valence-corrected chi connectivity index (χ2v) is 7.96. The molecule has 1 N–H and O–H groups in total. The Morgan fingerprint density at radius 2 is 1.75 bits per heavy atom. The summed E-state index contributed by atoms with van der Waals surface area (Å²) < 4.78 is 44.5. The number of amides is 1. The third-order valence-electron chi connectivity index (χ3n) is 4.39. The van der Waals surface area contributed by atoms with Crippen LogP contribution in [0.4, 0.5) is 11.4 Å². The van der Waals surface area contributed by atoms with Crippen molar-refractivity contribution in [2.24, 2.45) is 0 Å². The summed E-state index contributed by atoms with van der Waals surface area (Å²) >= 11 is 0. The van der Waals surface area contributed by atoms with Crippen molar-refractivity contribution in [3.05, 3.63) is 35.9 Å². The minimum absolute atomic E-state index is 0.0680. The number of methoxy groups -OCH3 is 2. The number of fused-ring (bicyclic) bond motifs is 1. The molecule has 0 saturated carbocycles.